The summed E-state index contributed by atoms with van der Waals surface area (Å²) in [5, 5.41) is 0. The summed E-state index contributed by atoms with van der Waals surface area (Å²) >= 11 is 0. The van der Waals surface area contributed by atoms with E-state index in [1.165, 1.54) is 9.80 Å². The van der Waals surface area contributed by atoms with Crippen molar-refractivity contribution in [1.82, 2.24) is 14.7 Å². The van der Waals surface area contributed by atoms with E-state index in [-0.39, 0.29) is 31.6 Å². The van der Waals surface area contributed by atoms with Crippen molar-refractivity contribution >= 4 is 18.1 Å². The Morgan fingerprint density at radius 2 is 1.79 bits per heavy atom. The first-order chi connectivity index (χ1) is 15.9. The van der Waals surface area contributed by atoms with Crippen LogP contribution in [-0.2, 0) is 25.6 Å². The Bertz CT molecular complexity index is 876. The van der Waals surface area contributed by atoms with Crippen molar-refractivity contribution in [1.29, 1.82) is 0 Å². The van der Waals surface area contributed by atoms with Crippen molar-refractivity contribution in [2.45, 2.75) is 65.0 Å². The molecule has 2 saturated heterocycles. The van der Waals surface area contributed by atoms with Crippen LogP contribution in [0, 0.1) is 5.92 Å². The van der Waals surface area contributed by atoms with Crippen LogP contribution >= 0.6 is 0 Å². The summed E-state index contributed by atoms with van der Waals surface area (Å²) in [5.41, 5.74) is -0.628. The fraction of sp³-hybridized carbons (Fsp3) is 0.640. The molecule has 1 atom stereocenters. The number of benzene rings is 1. The van der Waals surface area contributed by atoms with Crippen LogP contribution in [0.3, 0.4) is 0 Å². The van der Waals surface area contributed by atoms with Crippen LogP contribution < -0.4 is 0 Å². The van der Waals surface area contributed by atoms with Crippen molar-refractivity contribution in [3.8, 4) is 0 Å². The van der Waals surface area contributed by atoms with E-state index in [2.05, 4.69) is 0 Å². The Hall–Kier alpha value is -2.81. The van der Waals surface area contributed by atoms with Gasteiger partial charge in [0.05, 0.1) is 19.7 Å². The average Bonchev–Trinajstić information content (AvgIpc) is 2.74. The fourth-order valence-corrected chi connectivity index (χ4v) is 4.31. The van der Waals surface area contributed by atoms with E-state index in [0.29, 0.717) is 19.6 Å². The number of carbonyl (C=O) groups excluding carboxylic acids is 3. The first-order valence-corrected chi connectivity index (χ1v) is 11.8. The number of urea groups is 1. The predicted molar refractivity (Wildman–Crippen MR) is 126 cm³/mol. The van der Waals surface area contributed by atoms with Gasteiger partial charge in [0, 0.05) is 13.6 Å². The Balaban J connectivity index is 1.67. The molecule has 188 valence electrons. The molecular formula is C25H37N3O6. The van der Waals surface area contributed by atoms with Crippen LogP contribution in [-0.4, -0.2) is 83.5 Å². The normalized spacial score (nSPS) is 18.3. The number of likely N-dealkylation sites (N-methyl/N-ethyl adjacent to an activating group) is 1. The highest BCUT2D eigenvalue weighted by Crippen LogP contribution is 2.35. The molecule has 1 unspecified atom stereocenters. The summed E-state index contributed by atoms with van der Waals surface area (Å²) in [5.74, 6) is -0.607. The van der Waals surface area contributed by atoms with Gasteiger partial charge >= 0.3 is 18.1 Å². The summed E-state index contributed by atoms with van der Waals surface area (Å²) in [6, 6.07) is 8.36. The third-order valence-electron chi connectivity index (χ3n) is 5.96. The van der Waals surface area contributed by atoms with E-state index in [1.54, 1.807) is 11.9 Å². The van der Waals surface area contributed by atoms with Gasteiger partial charge in [0.15, 0.2) is 5.72 Å². The third-order valence-corrected chi connectivity index (χ3v) is 5.96. The van der Waals surface area contributed by atoms with Gasteiger partial charge in [-0.2, -0.15) is 0 Å². The summed E-state index contributed by atoms with van der Waals surface area (Å²) in [4.78, 5) is 43.6. The maximum absolute atomic E-state index is 13.6. The number of amides is 3. The molecule has 9 heteroatoms. The summed E-state index contributed by atoms with van der Waals surface area (Å²) in [7, 11) is 1.61. The SMILES string of the molecule is CC(C)C(C(=O)OCc1ccccc1)N(C)C(=O)N1CCCOC12CN(C(=O)OC(C)(C)C)C2. The highest BCUT2D eigenvalue weighted by molar-refractivity contribution is 5.84. The summed E-state index contributed by atoms with van der Waals surface area (Å²) < 4.78 is 17.0. The molecule has 1 spiro atoms. The van der Waals surface area contributed by atoms with Gasteiger partial charge in [-0.3, -0.25) is 9.80 Å². The van der Waals surface area contributed by atoms with Crippen LogP contribution in [0.15, 0.2) is 30.3 Å². The fourth-order valence-electron chi connectivity index (χ4n) is 4.31. The first kappa shape index (κ1) is 25.8. The molecule has 2 fully saturated rings. The second-order valence-electron chi connectivity index (χ2n) is 10.3. The summed E-state index contributed by atoms with van der Waals surface area (Å²) in [6.07, 6.45) is 0.246. The van der Waals surface area contributed by atoms with Crippen molar-refractivity contribution in [3.63, 3.8) is 0 Å². The average molecular weight is 476 g/mol. The van der Waals surface area contributed by atoms with Crippen LogP contribution in [0.4, 0.5) is 9.59 Å². The highest BCUT2D eigenvalue weighted by Gasteiger charge is 2.55. The molecule has 1 aromatic rings. The molecule has 3 amide bonds. The first-order valence-electron chi connectivity index (χ1n) is 11.8. The lowest BCUT2D eigenvalue weighted by molar-refractivity contribution is -0.230. The number of esters is 1. The Labute approximate surface area is 201 Å². The summed E-state index contributed by atoms with van der Waals surface area (Å²) in [6.45, 7) is 10.8. The zero-order valence-corrected chi connectivity index (χ0v) is 21.1. The molecule has 1 aromatic carbocycles. The molecule has 0 radical (unpaired) electrons. The smallest absolute Gasteiger partial charge is 0.410 e. The van der Waals surface area contributed by atoms with Crippen LogP contribution in [0.1, 0.15) is 46.6 Å². The molecule has 9 nitrogen and oxygen atoms in total. The van der Waals surface area contributed by atoms with E-state index in [0.717, 1.165) is 5.56 Å². The lowest BCUT2D eigenvalue weighted by Gasteiger charge is -2.57. The minimum absolute atomic E-state index is 0.145. The Morgan fingerprint density at radius 3 is 2.38 bits per heavy atom. The van der Waals surface area contributed by atoms with Gasteiger partial charge in [0.1, 0.15) is 18.2 Å². The van der Waals surface area contributed by atoms with Gasteiger partial charge in [0.25, 0.3) is 0 Å². The van der Waals surface area contributed by atoms with E-state index in [1.807, 2.05) is 65.0 Å². The van der Waals surface area contributed by atoms with Gasteiger partial charge in [-0.15, -0.1) is 0 Å². The molecule has 34 heavy (non-hydrogen) atoms. The van der Waals surface area contributed by atoms with E-state index in [4.69, 9.17) is 14.2 Å². The van der Waals surface area contributed by atoms with E-state index >= 15 is 0 Å². The number of rotatable bonds is 5. The topological polar surface area (TPSA) is 88.6 Å². The van der Waals surface area contributed by atoms with Crippen LogP contribution in [0.5, 0.6) is 0 Å². The Kier molecular flexibility index (Phi) is 7.75. The maximum Gasteiger partial charge on any atom is 0.410 e. The molecule has 0 saturated carbocycles. The lowest BCUT2D eigenvalue weighted by atomic mass is 9.99. The number of hydrogen-bond acceptors (Lipinski definition) is 6. The monoisotopic (exact) mass is 475 g/mol. The van der Waals surface area contributed by atoms with E-state index in [9.17, 15) is 14.4 Å². The molecule has 0 N–H and O–H groups in total. The van der Waals surface area contributed by atoms with Gasteiger partial charge in [-0.1, -0.05) is 44.2 Å². The standard InChI is InChI=1S/C25H37N3O6/c1-18(2)20(21(29)32-15-19-11-8-7-9-12-19)26(6)22(30)28-13-10-14-33-25(28)16-27(17-25)23(31)34-24(3,4)5/h7-9,11-12,18,20H,10,13-17H2,1-6H3. The molecule has 2 aliphatic heterocycles. The molecule has 3 rings (SSSR count). The molecular weight excluding hydrogens is 438 g/mol. The predicted octanol–water partition coefficient (Wildman–Crippen LogP) is 3.48. The molecule has 2 heterocycles. The zero-order chi connectivity index (χ0) is 25.1. The number of likely N-dealkylation sites (tertiary alicyclic amines) is 1. The van der Waals surface area contributed by atoms with Crippen molar-refractivity contribution in [2.24, 2.45) is 5.92 Å². The third kappa shape index (κ3) is 5.81. The molecule has 0 aliphatic carbocycles. The van der Waals surface area contributed by atoms with Gasteiger partial charge in [-0.25, -0.2) is 14.4 Å². The lowest BCUT2D eigenvalue weighted by Crippen LogP contribution is -2.76. The molecule has 0 aromatic heterocycles. The van der Waals surface area contributed by atoms with Crippen LogP contribution in [0.2, 0.25) is 0 Å². The second-order valence-corrected chi connectivity index (χ2v) is 10.3. The maximum atomic E-state index is 13.6. The number of ether oxygens (including phenoxy) is 3. The molecule has 2 aliphatic rings. The minimum Gasteiger partial charge on any atom is -0.459 e. The van der Waals surface area contributed by atoms with Crippen molar-refractivity contribution in [2.75, 3.05) is 33.3 Å². The largest absolute Gasteiger partial charge is 0.459 e. The quantitative estimate of drug-likeness (QED) is 0.606. The number of carbonyl (C=O) groups is 3. The number of nitrogens with zero attached hydrogens (tertiary/aromatic N) is 3. The number of hydrogen-bond donors (Lipinski definition) is 0. The van der Waals surface area contributed by atoms with Crippen LogP contribution in [0.25, 0.3) is 0 Å². The van der Waals surface area contributed by atoms with Crippen molar-refractivity contribution in [3.05, 3.63) is 35.9 Å². The Morgan fingerprint density at radius 1 is 1.15 bits per heavy atom. The minimum atomic E-state index is -0.907. The van der Waals surface area contributed by atoms with Crippen molar-refractivity contribution < 1.29 is 28.6 Å². The van der Waals surface area contributed by atoms with E-state index < -0.39 is 29.4 Å². The van der Waals surface area contributed by atoms with Gasteiger partial charge in [0.2, 0.25) is 0 Å². The highest BCUT2D eigenvalue weighted by atomic mass is 16.6. The van der Waals surface area contributed by atoms with Gasteiger partial charge in [-0.05, 0) is 38.7 Å². The second kappa shape index (κ2) is 10.2. The van der Waals surface area contributed by atoms with Gasteiger partial charge < -0.3 is 19.1 Å². The molecule has 0 bridgehead atoms. The zero-order valence-electron chi connectivity index (χ0n) is 21.1.